The van der Waals surface area contributed by atoms with Gasteiger partial charge in [-0.05, 0) is 32.1 Å². The fraction of sp³-hybridized carbons (Fsp3) is 0.733. The minimum Gasteiger partial charge on any atom is -0.368 e. The Morgan fingerprint density at radius 1 is 1.32 bits per heavy atom. The van der Waals surface area contributed by atoms with Crippen LogP contribution in [-0.2, 0) is 9.59 Å². The number of primary amides is 1. The van der Waals surface area contributed by atoms with Crippen molar-refractivity contribution in [1.82, 2.24) is 4.90 Å². The van der Waals surface area contributed by atoms with Gasteiger partial charge in [0.25, 0.3) is 0 Å². The van der Waals surface area contributed by atoms with Gasteiger partial charge in [-0.15, -0.1) is 0 Å². The molecule has 2 N–H and O–H groups in total. The van der Waals surface area contributed by atoms with Crippen molar-refractivity contribution in [3.05, 3.63) is 0 Å². The van der Waals surface area contributed by atoms with Gasteiger partial charge < -0.3 is 10.6 Å². The van der Waals surface area contributed by atoms with Gasteiger partial charge in [0.15, 0.2) is 0 Å². The summed E-state index contributed by atoms with van der Waals surface area (Å²) in [5, 5.41) is 0. The number of nitrogens with zero attached hydrogens (tertiary/aromatic N) is 1. The van der Waals surface area contributed by atoms with Crippen LogP contribution in [0.1, 0.15) is 45.4 Å². The van der Waals surface area contributed by atoms with E-state index in [9.17, 15) is 9.59 Å². The normalized spacial score (nSPS) is 25.2. The van der Waals surface area contributed by atoms with Gasteiger partial charge >= 0.3 is 0 Å². The molecule has 2 fully saturated rings. The summed E-state index contributed by atoms with van der Waals surface area (Å²) in [5.74, 6) is 7.12. The molecule has 0 aromatic rings. The Bertz CT molecular complexity index is 418. The van der Waals surface area contributed by atoms with E-state index in [4.69, 9.17) is 5.73 Å². The molecule has 1 aliphatic heterocycles. The first kappa shape index (κ1) is 13.9. The maximum absolute atomic E-state index is 12.1. The molecule has 104 valence electrons. The molecule has 2 aliphatic rings. The Kier molecular flexibility index (Phi) is 4.47. The Balaban J connectivity index is 1.98. The third-order valence-electron chi connectivity index (χ3n) is 3.91. The largest absolute Gasteiger partial charge is 0.368 e. The molecule has 1 saturated heterocycles. The topological polar surface area (TPSA) is 63.4 Å². The molecule has 1 aliphatic carbocycles. The smallest absolute Gasteiger partial charge is 0.240 e. The quantitative estimate of drug-likeness (QED) is 0.779. The van der Waals surface area contributed by atoms with Gasteiger partial charge in [0, 0.05) is 24.8 Å². The van der Waals surface area contributed by atoms with Crippen LogP contribution in [0.4, 0.5) is 0 Å². The summed E-state index contributed by atoms with van der Waals surface area (Å²) in [6.45, 7) is 2.49. The highest BCUT2D eigenvalue weighted by Gasteiger charge is 2.29. The van der Waals surface area contributed by atoms with Crippen LogP contribution in [0.25, 0.3) is 0 Å². The Morgan fingerprint density at radius 2 is 1.95 bits per heavy atom. The molecule has 4 heteroatoms. The minimum atomic E-state index is -0.456. The van der Waals surface area contributed by atoms with Crippen LogP contribution < -0.4 is 5.73 Å². The highest BCUT2D eigenvalue weighted by molar-refractivity contribution is 5.86. The highest BCUT2D eigenvalue weighted by Crippen LogP contribution is 2.28. The number of carbonyl (C=O) groups is 2. The molecule has 4 nitrogen and oxygen atoms in total. The first-order chi connectivity index (χ1) is 9.11. The van der Waals surface area contributed by atoms with E-state index in [-0.39, 0.29) is 5.91 Å². The molecule has 0 radical (unpaired) electrons. The third-order valence-corrected chi connectivity index (χ3v) is 3.91. The molecule has 0 spiro atoms. The van der Waals surface area contributed by atoms with Gasteiger partial charge in [0.05, 0.1) is 0 Å². The van der Waals surface area contributed by atoms with Crippen LogP contribution in [-0.4, -0.2) is 29.3 Å². The Labute approximate surface area is 114 Å². The van der Waals surface area contributed by atoms with E-state index >= 15 is 0 Å². The van der Waals surface area contributed by atoms with Gasteiger partial charge in [-0.1, -0.05) is 18.8 Å². The number of hydrogen-bond acceptors (Lipinski definition) is 2. The van der Waals surface area contributed by atoms with Crippen molar-refractivity contribution >= 4 is 11.8 Å². The molecule has 2 amide bonds. The lowest BCUT2D eigenvalue weighted by Gasteiger charge is -2.27. The molecule has 0 aromatic carbocycles. The zero-order valence-electron chi connectivity index (χ0n) is 11.5. The van der Waals surface area contributed by atoms with Gasteiger partial charge in [0.1, 0.15) is 6.04 Å². The van der Waals surface area contributed by atoms with E-state index in [0.29, 0.717) is 31.2 Å². The molecule has 2 atom stereocenters. The molecular weight excluding hydrogens is 240 g/mol. The lowest BCUT2D eigenvalue weighted by atomic mass is 10.0. The van der Waals surface area contributed by atoms with Crippen molar-refractivity contribution in [2.45, 2.75) is 51.5 Å². The second-order valence-corrected chi connectivity index (χ2v) is 5.50. The maximum atomic E-state index is 12.1. The van der Waals surface area contributed by atoms with Crippen molar-refractivity contribution in [3.63, 3.8) is 0 Å². The second kappa shape index (κ2) is 6.10. The van der Waals surface area contributed by atoms with Gasteiger partial charge in [-0.25, -0.2) is 0 Å². The molecule has 0 bridgehead atoms. The summed E-state index contributed by atoms with van der Waals surface area (Å²) < 4.78 is 0. The molecule has 2 rings (SSSR count). The fourth-order valence-electron chi connectivity index (χ4n) is 2.52. The van der Waals surface area contributed by atoms with Gasteiger partial charge in [-0.3, -0.25) is 9.59 Å². The molecule has 1 heterocycles. The third kappa shape index (κ3) is 3.73. The van der Waals surface area contributed by atoms with E-state index in [1.54, 1.807) is 4.90 Å². The predicted octanol–water partition coefficient (Wildman–Crippen LogP) is 1.29. The van der Waals surface area contributed by atoms with Crippen LogP contribution in [0.3, 0.4) is 0 Å². The lowest BCUT2D eigenvalue weighted by Crippen LogP contribution is -2.47. The Hall–Kier alpha value is -1.50. The van der Waals surface area contributed by atoms with Crippen molar-refractivity contribution in [2.24, 2.45) is 17.6 Å². The standard InChI is InChI=1S/C15H22N2O2/c1-2-13(15(16)19)17-10-9-12(7-8-14(17)18)6-5-11-3-4-11/h11-13H,2-4,7-10H2,1H3,(H2,16,19). The number of likely N-dealkylation sites (tertiary alicyclic amines) is 1. The maximum Gasteiger partial charge on any atom is 0.240 e. The van der Waals surface area contributed by atoms with E-state index in [0.717, 1.165) is 12.8 Å². The Morgan fingerprint density at radius 3 is 2.47 bits per heavy atom. The van der Waals surface area contributed by atoms with Crippen LogP contribution in [0.2, 0.25) is 0 Å². The van der Waals surface area contributed by atoms with Crippen LogP contribution in [0.5, 0.6) is 0 Å². The first-order valence-corrected chi connectivity index (χ1v) is 7.21. The predicted molar refractivity (Wildman–Crippen MR) is 72.8 cm³/mol. The zero-order valence-corrected chi connectivity index (χ0v) is 11.5. The van der Waals surface area contributed by atoms with E-state index < -0.39 is 11.9 Å². The average Bonchev–Trinajstić information content (AvgIpc) is 3.18. The lowest BCUT2D eigenvalue weighted by molar-refractivity contribution is -0.139. The summed E-state index contributed by atoms with van der Waals surface area (Å²) in [7, 11) is 0. The number of rotatable bonds is 3. The van der Waals surface area contributed by atoms with E-state index in [1.807, 2.05) is 6.92 Å². The monoisotopic (exact) mass is 262 g/mol. The summed E-state index contributed by atoms with van der Waals surface area (Å²) in [6, 6.07) is -0.456. The summed E-state index contributed by atoms with van der Waals surface area (Å²) in [5.41, 5.74) is 5.37. The molecule has 2 unspecified atom stereocenters. The summed E-state index contributed by atoms with van der Waals surface area (Å²) in [4.78, 5) is 25.1. The summed E-state index contributed by atoms with van der Waals surface area (Å²) in [6.07, 6.45) is 5.18. The van der Waals surface area contributed by atoms with Gasteiger partial charge in [-0.2, -0.15) is 0 Å². The molecule has 0 aromatic heterocycles. The first-order valence-electron chi connectivity index (χ1n) is 7.21. The second-order valence-electron chi connectivity index (χ2n) is 5.50. The van der Waals surface area contributed by atoms with E-state index in [2.05, 4.69) is 11.8 Å². The minimum absolute atomic E-state index is 0.0429. The average molecular weight is 262 g/mol. The fourth-order valence-corrected chi connectivity index (χ4v) is 2.52. The molecule has 1 saturated carbocycles. The SMILES string of the molecule is CCC(C(N)=O)N1CCC(C#CC2CC2)CCC1=O. The van der Waals surface area contributed by atoms with E-state index in [1.165, 1.54) is 12.8 Å². The van der Waals surface area contributed by atoms with Crippen molar-refractivity contribution in [2.75, 3.05) is 6.54 Å². The van der Waals surface area contributed by atoms with Gasteiger partial charge in [0.2, 0.25) is 11.8 Å². The number of amides is 2. The van der Waals surface area contributed by atoms with Crippen LogP contribution >= 0.6 is 0 Å². The number of hydrogen-bond donors (Lipinski definition) is 1. The molecule has 19 heavy (non-hydrogen) atoms. The summed E-state index contributed by atoms with van der Waals surface area (Å²) >= 11 is 0. The highest BCUT2D eigenvalue weighted by atomic mass is 16.2. The number of carbonyl (C=O) groups excluding carboxylic acids is 2. The van der Waals surface area contributed by atoms with Crippen molar-refractivity contribution in [1.29, 1.82) is 0 Å². The van der Waals surface area contributed by atoms with Crippen LogP contribution in [0.15, 0.2) is 0 Å². The van der Waals surface area contributed by atoms with Crippen molar-refractivity contribution in [3.8, 4) is 11.8 Å². The number of nitrogens with two attached hydrogens (primary N) is 1. The zero-order chi connectivity index (χ0) is 13.8. The van der Waals surface area contributed by atoms with Crippen LogP contribution in [0, 0.1) is 23.7 Å². The van der Waals surface area contributed by atoms with Crippen molar-refractivity contribution < 1.29 is 9.59 Å². The molecular formula is C15H22N2O2.